The largest absolute Gasteiger partial charge is 0.592 e. The highest BCUT2D eigenvalue weighted by atomic mass is 32.2. The van der Waals surface area contributed by atoms with Crippen molar-refractivity contribution in [3.8, 4) is 5.75 Å². The SMILES string of the molecule is N/C(=C\N(N)[C@@H](Cc1ccc(O)cc1)C(=O)NO)CN[S+]([O-])c1cccs1. The van der Waals surface area contributed by atoms with Gasteiger partial charge in [0.1, 0.15) is 11.8 Å². The molecule has 2 atom stereocenters. The fourth-order valence-electron chi connectivity index (χ4n) is 2.18. The van der Waals surface area contributed by atoms with Gasteiger partial charge in [0.25, 0.3) is 5.91 Å². The van der Waals surface area contributed by atoms with Gasteiger partial charge in [-0.25, -0.2) is 11.3 Å². The maximum atomic E-state index is 12.0. The van der Waals surface area contributed by atoms with Crippen LogP contribution in [0, 0.1) is 0 Å². The van der Waals surface area contributed by atoms with Crippen molar-refractivity contribution in [3.05, 3.63) is 59.2 Å². The van der Waals surface area contributed by atoms with Crippen LogP contribution in [0.15, 0.2) is 57.9 Å². The molecule has 0 saturated carbocycles. The Balaban J connectivity index is 2.00. The van der Waals surface area contributed by atoms with Crippen LogP contribution in [0.5, 0.6) is 5.75 Å². The number of aromatic hydroxyl groups is 1. The summed E-state index contributed by atoms with van der Waals surface area (Å²) in [5.41, 5.74) is 8.44. The lowest BCUT2D eigenvalue weighted by atomic mass is 10.0. The molecule has 1 aromatic heterocycles. The fourth-order valence-corrected chi connectivity index (χ4v) is 3.96. The van der Waals surface area contributed by atoms with E-state index in [1.165, 1.54) is 29.7 Å². The molecule has 146 valence electrons. The van der Waals surface area contributed by atoms with Crippen molar-refractivity contribution in [3.63, 3.8) is 0 Å². The molecule has 1 unspecified atom stereocenters. The molecule has 27 heavy (non-hydrogen) atoms. The van der Waals surface area contributed by atoms with Crippen LogP contribution in [0.1, 0.15) is 5.56 Å². The van der Waals surface area contributed by atoms with Crippen LogP contribution in [0.2, 0.25) is 0 Å². The number of carbonyl (C=O) groups is 1. The predicted octanol–water partition coefficient (Wildman–Crippen LogP) is 0.158. The van der Waals surface area contributed by atoms with Crippen LogP contribution < -0.4 is 21.8 Å². The summed E-state index contributed by atoms with van der Waals surface area (Å²) in [6.07, 6.45) is 1.50. The Bertz CT molecular complexity index is 755. The average Bonchev–Trinajstić information content (AvgIpc) is 3.19. The Hall–Kier alpha value is -2.28. The molecule has 0 spiro atoms. The normalized spacial score (nSPS) is 13.8. The number of phenolic OH excluding ortho intramolecular Hbond substituents is 1. The maximum absolute atomic E-state index is 12.0. The molecular formula is C16H21N5O4S2. The van der Waals surface area contributed by atoms with Crippen LogP contribution in [-0.4, -0.2) is 38.4 Å². The number of nitrogens with two attached hydrogens (primary N) is 2. The highest BCUT2D eigenvalue weighted by molar-refractivity contribution is 7.91. The number of hydrogen-bond acceptors (Lipinski definition) is 9. The van der Waals surface area contributed by atoms with Gasteiger partial charge in [-0.3, -0.25) is 10.0 Å². The van der Waals surface area contributed by atoms with Crippen molar-refractivity contribution in [2.75, 3.05) is 6.54 Å². The van der Waals surface area contributed by atoms with E-state index in [0.29, 0.717) is 4.21 Å². The Morgan fingerprint density at radius 2 is 2.07 bits per heavy atom. The molecule has 0 aliphatic rings. The second kappa shape index (κ2) is 10.2. The van der Waals surface area contributed by atoms with Gasteiger partial charge in [0.2, 0.25) is 4.21 Å². The molecule has 0 fully saturated rings. The number of rotatable bonds is 9. The summed E-state index contributed by atoms with van der Waals surface area (Å²) in [6.45, 7) is 0.0882. The van der Waals surface area contributed by atoms with Crippen molar-refractivity contribution in [2.45, 2.75) is 16.7 Å². The zero-order valence-corrected chi connectivity index (χ0v) is 15.9. The average molecular weight is 412 g/mol. The number of nitrogens with one attached hydrogen (secondary N) is 2. The van der Waals surface area contributed by atoms with Crippen LogP contribution >= 0.6 is 11.3 Å². The highest BCUT2D eigenvalue weighted by Gasteiger charge is 2.23. The van der Waals surface area contributed by atoms with Crippen molar-refractivity contribution in [2.24, 2.45) is 11.6 Å². The highest BCUT2D eigenvalue weighted by Crippen LogP contribution is 2.15. The molecule has 0 aliphatic carbocycles. The van der Waals surface area contributed by atoms with Crippen molar-refractivity contribution in [1.29, 1.82) is 0 Å². The number of hydrogen-bond donors (Lipinski definition) is 6. The third-order valence-electron chi connectivity index (χ3n) is 3.54. The van der Waals surface area contributed by atoms with E-state index in [-0.39, 0.29) is 24.4 Å². The van der Waals surface area contributed by atoms with Gasteiger partial charge < -0.3 is 20.4 Å². The number of benzene rings is 1. The maximum Gasteiger partial charge on any atom is 0.267 e. The lowest BCUT2D eigenvalue weighted by Gasteiger charge is -2.25. The second-order valence-electron chi connectivity index (χ2n) is 5.54. The molecule has 0 radical (unpaired) electrons. The van der Waals surface area contributed by atoms with Crippen molar-refractivity contribution < 1.29 is 19.7 Å². The summed E-state index contributed by atoms with van der Waals surface area (Å²) in [4.78, 5) is 12.0. The van der Waals surface area contributed by atoms with E-state index in [0.717, 1.165) is 10.6 Å². The van der Waals surface area contributed by atoms with Gasteiger partial charge in [0.15, 0.2) is 0 Å². The molecule has 8 N–H and O–H groups in total. The summed E-state index contributed by atoms with van der Waals surface area (Å²) in [5, 5.41) is 21.2. The number of thiophene rings is 1. The Labute approximate surface area is 163 Å². The van der Waals surface area contributed by atoms with E-state index in [9.17, 15) is 14.5 Å². The first-order valence-electron chi connectivity index (χ1n) is 7.80. The molecule has 2 aromatic rings. The lowest BCUT2D eigenvalue weighted by Crippen LogP contribution is -2.49. The first kappa shape index (κ1) is 21.0. The standard InChI is InChI=1S/C16H21N5O4S2/c17-12(9-19-27(25)15-2-1-7-26-15)10-21(18)14(16(23)20-24)8-11-3-5-13(22)6-4-11/h1-7,10,14,19,22,24H,8-9,17-18H2,(H,20,23)/b12-10-/t14-,27?/m0/s1. The van der Waals surface area contributed by atoms with E-state index in [1.807, 2.05) is 5.38 Å². The summed E-state index contributed by atoms with van der Waals surface area (Å²) in [7, 11) is 0. The van der Waals surface area contributed by atoms with Crippen LogP contribution in [-0.2, 0) is 22.6 Å². The van der Waals surface area contributed by atoms with Crippen molar-refractivity contribution >= 4 is 28.6 Å². The summed E-state index contributed by atoms with van der Waals surface area (Å²) < 4.78 is 15.4. The topological polar surface area (TPSA) is 160 Å². The summed E-state index contributed by atoms with van der Waals surface area (Å²) in [6, 6.07) is 8.83. The molecule has 1 aromatic carbocycles. The fraction of sp³-hybridized carbons (Fsp3) is 0.188. The van der Waals surface area contributed by atoms with Gasteiger partial charge in [-0.15, -0.1) is 4.72 Å². The van der Waals surface area contributed by atoms with Gasteiger partial charge >= 0.3 is 0 Å². The molecule has 1 amide bonds. The van der Waals surface area contributed by atoms with Gasteiger partial charge in [0, 0.05) is 24.4 Å². The molecule has 0 saturated heterocycles. The number of amides is 1. The smallest absolute Gasteiger partial charge is 0.267 e. The Morgan fingerprint density at radius 1 is 1.37 bits per heavy atom. The van der Waals surface area contributed by atoms with E-state index in [1.54, 1.807) is 29.7 Å². The van der Waals surface area contributed by atoms with E-state index < -0.39 is 23.3 Å². The quantitative estimate of drug-likeness (QED) is 0.147. The number of carbonyl (C=O) groups excluding carboxylic acids is 1. The molecule has 0 aliphatic heterocycles. The zero-order chi connectivity index (χ0) is 19.8. The monoisotopic (exact) mass is 411 g/mol. The number of hydrazine groups is 1. The molecular weight excluding hydrogens is 390 g/mol. The van der Waals surface area contributed by atoms with Gasteiger partial charge in [0.05, 0.1) is 17.9 Å². The molecule has 0 bridgehead atoms. The Kier molecular flexibility index (Phi) is 7.91. The third kappa shape index (κ3) is 6.43. The summed E-state index contributed by atoms with van der Waals surface area (Å²) >= 11 is -0.0431. The van der Waals surface area contributed by atoms with E-state index in [2.05, 4.69) is 4.72 Å². The van der Waals surface area contributed by atoms with Crippen LogP contribution in [0.25, 0.3) is 0 Å². The summed E-state index contributed by atoms with van der Waals surface area (Å²) in [5.74, 6) is 5.31. The molecule has 11 heteroatoms. The molecule has 2 rings (SSSR count). The van der Waals surface area contributed by atoms with Crippen molar-refractivity contribution in [1.82, 2.24) is 15.2 Å². The van der Waals surface area contributed by atoms with E-state index >= 15 is 0 Å². The molecule has 9 nitrogen and oxygen atoms in total. The van der Waals surface area contributed by atoms with E-state index in [4.69, 9.17) is 16.8 Å². The first-order valence-corrected chi connectivity index (χ1v) is 9.83. The van der Waals surface area contributed by atoms with Gasteiger partial charge in [-0.2, -0.15) is 0 Å². The predicted molar refractivity (Wildman–Crippen MR) is 103 cm³/mol. The van der Waals surface area contributed by atoms with Crippen LogP contribution in [0.4, 0.5) is 0 Å². The minimum atomic E-state index is -1.40. The second-order valence-corrected chi connectivity index (χ2v) is 8.01. The third-order valence-corrected chi connectivity index (χ3v) is 5.85. The lowest BCUT2D eigenvalue weighted by molar-refractivity contribution is -0.134. The van der Waals surface area contributed by atoms with Gasteiger partial charge in [-0.1, -0.05) is 23.5 Å². The number of hydroxylamine groups is 1. The minimum absolute atomic E-state index is 0.0882. The first-order chi connectivity index (χ1) is 12.9. The van der Waals surface area contributed by atoms with Gasteiger partial charge in [-0.05, 0) is 29.1 Å². The van der Waals surface area contributed by atoms with Crippen LogP contribution in [0.3, 0.4) is 0 Å². The molecule has 1 heterocycles. The zero-order valence-electron chi connectivity index (χ0n) is 14.2. The Morgan fingerprint density at radius 3 is 2.67 bits per heavy atom. The number of phenols is 1. The minimum Gasteiger partial charge on any atom is -0.592 e. The number of nitrogens with zero attached hydrogens (tertiary/aromatic N) is 1.